The zero-order chi connectivity index (χ0) is 14.1. The lowest BCUT2D eigenvalue weighted by Gasteiger charge is -2.05. The van der Waals surface area contributed by atoms with Crippen molar-refractivity contribution in [3.63, 3.8) is 0 Å². The highest BCUT2D eigenvalue weighted by molar-refractivity contribution is 6.06. The molecule has 1 aromatic carbocycles. The third kappa shape index (κ3) is 1.84. The summed E-state index contributed by atoms with van der Waals surface area (Å²) in [5.74, 6) is -0.606. The molecular formula is C15H12N2O3. The second-order valence-corrected chi connectivity index (χ2v) is 4.34. The number of fused-ring (bicyclic) bond motifs is 3. The molecule has 0 atom stereocenters. The molecule has 0 radical (unpaired) electrons. The maximum atomic E-state index is 12.4. The molecule has 0 spiro atoms. The molecule has 0 aliphatic carbocycles. The number of aromatic nitrogens is 2. The van der Waals surface area contributed by atoms with Crippen LogP contribution in [0.2, 0.25) is 0 Å². The Morgan fingerprint density at radius 1 is 1.30 bits per heavy atom. The molecule has 0 aliphatic heterocycles. The number of aromatic amines is 1. The highest BCUT2D eigenvalue weighted by Crippen LogP contribution is 2.20. The average Bonchev–Trinajstić information content (AvgIpc) is 2.47. The number of carbonyl (C=O) groups is 1. The van der Waals surface area contributed by atoms with E-state index in [1.54, 1.807) is 25.4 Å². The molecule has 20 heavy (non-hydrogen) atoms. The van der Waals surface area contributed by atoms with Gasteiger partial charge in [-0.05, 0) is 19.1 Å². The van der Waals surface area contributed by atoms with Crippen LogP contribution < -0.4 is 5.43 Å². The molecular weight excluding hydrogens is 256 g/mol. The number of hydrogen-bond donors (Lipinski definition) is 1. The van der Waals surface area contributed by atoms with Crippen LogP contribution in [0.25, 0.3) is 21.7 Å². The predicted molar refractivity (Wildman–Crippen MR) is 75.8 cm³/mol. The van der Waals surface area contributed by atoms with Gasteiger partial charge in [0, 0.05) is 34.7 Å². The van der Waals surface area contributed by atoms with E-state index >= 15 is 0 Å². The molecule has 5 nitrogen and oxygen atoms in total. The lowest BCUT2D eigenvalue weighted by atomic mass is 10.1. The molecule has 0 saturated carbocycles. The Labute approximate surface area is 114 Å². The Bertz CT molecular complexity index is 868. The van der Waals surface area contributed by atoms with Gasteiger partial charge in [-0.1, -0.05) is 6.07 Å². The molecule has 0 bridgehead atoms. The van der Waals surface area contributed by atoms with Gasteiger partial charge < -0.3 is 9.72 Å². The number of H-pyrrole nitrogens is 1. The van der Waals surface area contributed by atoms with Crippen molar-refractivity contribution >= 4 is 27.6 Å². The molecule has 5 heteroatoms. The van der Waals surface area contributed by atoms with Crippen molar-refractivity contribution in [2.24, 2.45) is 0 Å². The summed E-state index contributed by atoms with van der Waals surface area (Å²) >= 11 is 0. The van der Waals surface area contributed by atoms with Gasteiger partial charge in [-0.2, -0.15) is 0 Å². The second kappa shape index (κ2) is 4.77. The van der Waals surface area contributed by atoms with Crippen LogP contribution >= 0.6 is 0 Å². The van der Waals surface area contributed by atoms with E-state index in [0.717, 1.165) is 10.8 Å². The third-order valence-electron chi connectivity index (χ3n) is 3.17. The number of hydrogen-bond acceptors (Lipinski definition) is 4. The molecule has 2 aromatic heterocycles. The van der Waals surface area contributed by atoms with Gasteiger partial charge in [0.25, 0.3) is 0 Å². The van der Waals surface area contributed by atoms with Gasteiger partial charge in [-0.15, -0.1) is 0 Å². The molecule has 3 rings (SSSR count). The van der Waals surface area contributed by atoms with Gasteiger partial charge in [-0.25, -0.2) is 4.79 Å². The van der Waals surface area contributed by atoms with Crippen LogP contribution in [0.15, 0.2) is 41.6 Å². The van der Waals surface area contributed by atoms with Gasteiger partial charge in [0.1, 0.15) is 5.56 Å². The Morgan fingerprint density at radius 2 is 2.15 bits per heavy atom. The van der Waals surface area contributed by atoms with Crippen molar-refractivity contribution in [1.29, 1.82) is 0 Å². The van der Waals surface area contributed by atoms with Crippen molar-refractivity contribution in [2.75, 3.05) is 6.61 Å². The van der Waals surface area contributed by atoms with Crippen molar-refractivity contribution < 1.29 is 9.53 Å². The molecule has 0 aliphatic rings. The van der Waals surface area contributed by atoms with Crippen molar-refractivity contribution in [3.8, 4) is 0 Å². The van der Waals surface area contributed by atoms with Gasteiger partial charge in [0.15, 0.2) is 0 Å². The molecule has 3 aromatic rings. The second-order valence-electron chi connectivity index (χ2n) is 4.34. The summed E-state index contributed by atoms with van der Waals surface area (Å²) in [6, 6.07) is 5.34. The van der Waals surface area contributed by atoms with Gasteiger partial charge in [-0.3, -0.25) is 9.78 Å². The van der Waals surface area contributed by atoms with Gasteiger partial charge in [0.05, 0.1) is 12.1 Å². The molecule has 100 valence electrons. The van der Waals surface area contributed by atoms with Gasteiger partial charge in [0.2, 0.25) is 5.43 Å². The fraction of sp³-hybridized carbons (Fsp3) is 0.133. The van der Waals surface area contributed by atoms with Crippen LogP contribution in [0.4, 0.5) is 0 Å². The monoisotopic (exact) mass is 268 g/mol. The van der Waals surface area contributed by atoms with Crippen LogP contribution in [-0.2, 0) is 4.74 Å². The lowest BCUT2D eigenvalue weighted by molar-refractivity contribution is 0.0524. The van der Waals surface area contributed by atoms with Crippen LogP contribution in [-0.4, -0.2) is 22.5 Å². The minimum atomic E-state index is -0.606. The Hall–Kier alpha value is -2.69. The number of esters is 1. The van der Waals surface area contributed by atoms with E-state index in [1.807, 2.05) is 12.1 Å². The van der Waals surface area contributed by atoms with E-state index in [9.17, 15) is 9.59 Å². The first-order valence-electron chi connectivity index (χ1n) is 6.27. The summed E-state index contributed by atoms with van der Waals surface area (Å²) in [5.41, 5.74) is 0.395. The largest absolute Gasteiger partial charge is 0.462 e. The summed E-state index contributed by atoms with van der Waals surface area (Å²) in [6.45, 7) is 1.94. The number of nitrogens with one attached hydrogen (secondary N) is 1. The highest BCUT2D eigenvalue weighted by Gasteiger charge is 2.14. The van der Waals surface area contributed by atoms with E-state index in [2.05, 4.69) is 9.97 Å². The summed E-state index contributed by atoms with van der Waals surface area (Å²) in [7, 11) is 0. The SMILES string of the molecule is CCOC(=O)c1c[nH]c2c(ccc3cnccc32)c1=O. The maximum Gasteiger partial charge on any atom is 0.343 e. The Morgan fingerprint density at radius 3 is 2.95 bits per heavy atom. The maximum absolute atomic E-state index is 12.4. The zero-order valence-electron chi connectivity index (χ0n) is 10.8. The molecule has 0 unspecified atom stereocenters. The first-order chi connectivity index (χ1) is 9.72. The number of rotatable bonds is 2. The van der Waals surface area contributed by atoms with Crippen LogP contribution in [0.5, 0.6) is 0 Å². The average molecular weight is 268 g/mol. The molecule has 1 N–H and O–H groups in total. The predicted octanol–water partition coefficient (Wildman–Crippen LogP) is 2.25. The summed E-state index contributed by atoms with van der Waals surface area (Å²) in [5, 5.41) is 2.29. The number of ether oxygens (including phenoxy) is 1. The minimum absolute atomic E-state index is 0.0211. The number of nitrogens with zero attached hydrogens (tertiary/aromatic N) is 1. The van der Waals surface area contributed by atoms with Crippen molar-refractivity contribution in [1.82, 2.24) is 9.97 Å². The van der Waals surface area contributed by atoms with Crippen molar-refractivity contribution in [3.05, 3.63) is 52.6 Å². The van der Waals surface area contributed by atoms with Gasteiger partial charge >= 0.3 is 5.97 Å². The van der Waals surface area contributed by atoms with E-state index in [4.69, 9.17) is 4.74 Å². The topological polar surface area (TPSA) is 72.1 Å². The molecule has 2 heterocycles. The van der Waals surface area contributed by atoms with E-state index in [0.29, 0.717) is 10.9 Å². The highest BCUT2D eigenvalue weighted by atomic mass is 16.5. The first kappa shape index (κ1) is 12.3. The Kier molecular flexibility index (Phi) is 2.95. The number of benzene rings is 1. The number of pyridine rings is 2. The molecule has 0 saturated heterocycles. The van der Waals surface area contributed by atoms with E-state index in [-0.39, 0.29) is 17.6 Å². The normalized spacial score (nSPS) is 10.8. The fourth-order valence-corrected chi connectivity index (χ4v) is 2.23. The smallest absolute Gasteiger partial charge is 0.343 e. The lowest BCUT2D eigenvalue weighted by Crippen LogP contribution is -2.18. The first-order valence-corrected chi connectivity index (χ1v) is 6.27. The van der Waals surface area contributed by atoms with Crippen molar-refractivity contribution in [2.45, 2.75) is 6.92 Å². The van der Waals surface area contributed by atoms with Crippen LogP contribution in [0.3, 0.4) is 0 Å². The zero-order valence-corrected chi connectivity index (χ0v) is 10.8. The minimum Gasteiger partial charge on any atom is -0.462 e. The standard InChI is InChI=1S/C15H12N2O3/c1-2-20-15(19)12-8-17-13-10-5-6-16-7-9(10)3-4-11(13)14(12)18/h3-8H,2H2,1H3,(H,17,18). The van der Waals surface area contributed by atoms with E-state index in [1.165, 1.54) is 6.20 Å². The molecule has 0 amide bonds. The summed E-state index contributed by atoms with van der Waals surface area (Å²) in [6.07, 6.45) is 4.80. The summed E-state index contributed by atoms with van der Waals surface area (Å²) in [4.78, 5) is 31.1. The molecule has 0 fully saturated rings. The number of carbonyl (C=O) groups excluding carboxylic acids is 1. The summed E-state index contributed by atoms with van der Waals surface area (Å²) < 4.78 is 4.88. The van der Waals surface area contributed by atoms with Crippen LogP contribution in [0, 0.1) is 0 Å². The third-order valence-corrected chi connectivity index (χ3v) is 3.17. The van der Waals surface area contributed by atoms with Crippen LogP contribution in [0.1, 0.15) is 17.3 Å². The fourth-order valence-electron chi connectivity index (χ4n) is 2.23. The quantitative estimate of drug-likeness (QED) is 0.571. The van der Waals surface area contributed by atoms with E-state index < -0.39 is 5.97 Å². The Balaban J connectivity index is 2.32.